The first kappa shape index (κ1) is 21.5. The van der Waals surface area contributed by atoms with Gasteiger partial charge in [0, 0.05) is 0 Å². The third kappa shape index (κ3) is 5.86. The van der Waals surface area contributed by atoms with Crippen LogP contribution in [-0.2, 0) is 9.53 Å². The van der Waals surface area contributed by atoms with E-state index in [1.807, 2.05) is 0 Å². The largest absolute Gasteiger partial charge is 0.496 e. The molecule has 0 aromatic heterocycles. The molecule has 2 aromatic carbocycles. The lowest BCUT2D eigenvalue weighted by Gasteiger charge is -2.14. The van der Waals surface area contributed by atoms with Crippen molar-refractivity contribution in [2.24, 2.45) is 0 Å². The van der Waals surface area contributed by atoms with Crippen molar-refractivity contribution >= 4 is 23.3 Å². The van der Waals surface area contributed by atoms with Crippen LogP contribution in [0.4, 0.5) is 20.2 Å². The number of amides is 1. The highest BCUT2D eigenvalue weighted by Crippen LogP contribution is 2.29. The zero-order valence-corrected chi connectivity index (χ0v) is 15.3. The van der Waals surface area contributed by atoms with Crippen molar-refractivity contribution in [1.82, 2.24) is 0 Å². The van der Waals surface area contributed by atoms with Crippen molar-refractivity contribution in [3.8, 4) is 11.5 Å². The average molecular weight is 410 g/mol. The molecule has 0 aliphatic heterocycles. The fraction of sp³-hybridized carbons (Fsp3) is 0.222. The summed E-state index contributed by atoms with van der Waals surface area (Å²) in [6, 6.07) is 8.52. The predicted octanol–water partition coefficient (Wildman–Crippen LogP) is 3.39. The van der Waals surface area contributed by atoms with E-state index >= 15 is 0 Å². The van der Waals surface area contributed by atoms with Crippen LogP contribution in [0.5, 0.6) is 11.5 Å². The van der Waals surface area contributed by atoms with Gasteiger partial charge in [0.15, 0.2) is 6.10 Å². The van der Waals surface area contributed by atoms with E-state index in [-0.39, 0.29) is 22.7 Å². The Morgan fingerprint density at radius 2 is 1.72 bits per heavy atom. The first-order chi connectivity index (χ1) is 13.7. The van der Waals surface area contributed by atoms with E-state index in [9.17, 15) is 28.5 Å². The number of benzene rings is 2. The standard InChI is InChI=1S/C18H16F2N2O7/c1-10(28-17(24)11-3-5-12(6-4-11)29-18(19)20)16(23)21-14-8-7-13(27-2)9-15(14)22(25)26/h3-10,18H,1-2H3,(H,21,23)/t10-/m1/s1. The summed E-state index contributed by atoms with van der Waals surface area (Å²) >= 11 is 0. The number of nitrogens with zero attached hydrogens (tertiary/aromatic N) is 1. The zero-order chi connectivity index (χ0) is 21.6. The fourth-order valence-electron chi connectivity index (χ4n) is 2.18. The van der Waals surface area contributed by atoms with Crippen molar-refractivity contribution in [2.45, 2.75) is 19.6 Å². The summed E-state index contributed by atoms with van der Waals surface area (Å²) in [5.74, 6) is -1.60. The second-order valence-corrected chi connectivity index (χ2v) is 5.58. The number of hydrogen-bond donors (Lipinski definition) is 1. The molecule has 0 heterocycles. The molecular formula is C18H16F2N2O7. The fourth-order valence-corrected chi connectivity index (χ4v) is 2.18. The number of ether oxygens (including phenoxy) is 3. The number of carbonyl (C=O) groups excluding carboxylic acids is 2. The SMILES string of the molecule is COc1ccc(NC(=O)[C@@H](C)OC(=O)c2ccc(OC(F)F)cc2)c([N+](=O)[O-])c1. The number of alkyl halides is 2. The van der Waals surface area contributed by atoms with Gasteiger partial charge in [0.05, 0.1) is 23.7 Å². The highest BCUT2D eigenvalue weighted by atomic mass is 19.3. The minimum Gasteiger partial charge on any atom is -0.496 e. The normalized spacial score (nSPS) is 11.5. The van der Waals surface area contributed by atoms with Gasteiger partial charge in [0.1, 0.15) is 17.2 Å². The Hall–Kier alpha value is -3.76. The first-order valence-electron chi connectivity index (χ1n) is 8.10. The molecule has 0 aliphatic rings. The van der Waals surface area contributed by atoms with Gasteiger partial charge in [-0.25, -0.2) is 4.79 Å². The number of esters is 1. The predicted molar refractivity (Wildman–Crippen MR) is 96.2 cm³/mol. The minimum absolute atomic E-state index is 0.00157. The van der Waals surface area contributed by atoms with Gasteiger partial charge in [-0.05, 0) is 43.3 Å². The molecule has 2 aromatic rings. The summed E-state index contributed by atoms with van der Waals surface area (Å²) in [4.78, 5) is 34.8. The first-order valence-corrected chi connectivity index (χ1v) is 8.10. The Bertz CT molecular complexity index is 904. The van der Waals surface area contributed by atoms with Crippen LogP contribution in [-0.4, -0.2) is 36.6 Å². The molecular weight excluding hydrogens is 394 g/mol. The van der Waals surface area contributed by atoms with E-state index in [2.05, 4.69) is 10.1 Å². The number of anilines is 1. The van der Waals surface area contributed by atoms with Crippen molar-refractivity contribution < 1.29 is 37.5 Å². The molecule has 0 fully saturated rings. The summed E-state index contributed by atoms with van der Waals surface area (Å²) in [5, 5.41) is 13.5. The Morgan fingerprint density at radius 3 is 2.28 bits per heavy atom. The highest BCUT2D eigenvalue weighted by Gasteiger charge is 2.23. The topological polar surface area (TPSA) is 117 Å². The maximum absolute atomic E-state index is 12.2. The van der Waals surface area contributed by atoms with E-state index in [0.29, 0.717) is 0 Å². The minimum atomic E-state index is -3.00. The van der Waals surface area contributed by atoms with Gasteiger partial charge in [-0.1, -0.05) is 0 Å². The van der Waals surface area contributed by atoms with Crippen LogP contribution in [0.3, 0.4) is 0 Å². The molecule has 2 rings (SSSR count). The van der Waals surface area contributed by atoms with Gasteiger partial charge in [0.2, 0.25) is 0 Å². The number of nitro benzene ring substituents is 1. The molecule has 1 amide bonds. The Labute approximate surface area is 163 Å². The van der Waals surface area contributed by atoms with Crippen LogP contribution in [0.1, 0.15) is 17.3 Å². The molecule has 9 nitrogen and oxygen atoms in total. The maximum Gasteiger partial charge on any atom is 0.387 e. The maximum atomic E-state index is 12.2. The molecule has 154 valence electrons. The third-order valence-corrected chi connectivity index (χ3v) is 3.63. The van der Waals surface area contributed by atoms with Crippen LogP contribution in [0.25, 0.3) is 0 Å². The van der Waals surface area contributed by atoms with Crippen molar-refractivity contribution in [2.75, 3.05) is 12.4 Å². The lowest BCUT2D eigenvalue weighted by atomic mass is 10.2. The third-order valence-electron chi connectivity index (χ3n) is 3.63. The highest BCUT2D eigenvalue weighted by molar-refractivity contribution is 5.98. The Balaban J connectivity index is 2.03. The van der Waals surface area contributed by atoms with E-state index in [1.54, 1.807) is 0 Å². The second-order valence-electron chi connectivity index (χ2n) is 5.58. The molecule has 1 atom stereocenters. The molecule has 0 bridgehead atoms. The summed E-state index contributed by atoms with van der Waals surface area (Å²) < 4.78 is 38.3. The van der Waals surface area contributed by atoms with E-state index in [0.717, 1.165) is 18.2 Å². The van der Waals surface area contributed by atoms with Gasteiger partial charge < -0.3 is 19.5 Å². The summed E-state index contributed by atoms with van der Waals surface area (Å²) in [5.41, 5.74) is -0.496. The van der Waals surface area contributed by atoms with Gasteiger partial charge in [-0.2, -0.15) is 8.78 Å². The van der Waals surface area contributed by atoms with E-state index in [1.165, 1.54) is 38.3 Å². The Morgan fingerprint density at radius 1 is 1.10 bits per heavy atom. The van der Waals surface area contributed by atoms with Crippen LogP contribution < -0.4 is 14.8 Å². The Kier molecular flexibility index (Phi) is 7.01. The monoisotopic (exact) mass is 410 g/mol. The average Bonchev–Trinajstić information content (AvgIpc) is 2.68. The smallest absolute Gasteiger partial charge is 0.387 e. The zero-order valence-electron chi connectivity index (χ0n) is 15.3. The molecule has 0 saturated heterocycles. The molecule has 29 heavy (non-hydrogen) atoms. The second kappa shape index (κ2) is 9.44. The van der Waals surface area contributed by atoms with Crippen molar-refractivity contribution in [3.05, 3.63) is 58.1 Å². The molecule has 11 heteroatoms. The summed E-state index contributed by atoms with van der Waals surface area (Å²) in [6.45, 7) is -1.73. The number of nitrogens with one attached hydrogen (secondary N) is 1. The quantitative estimate of drug-likeness (QED) is 0.403. The van der Waals surface area contributed by atoms with Crippen molar-refractivity contribution in [3.63, 3.8) is 0 Å². The van der Waals surface area contributed by atoms with Gasteiger partial charge in [-0.3, -0.25) is 14.9 Å². The van der Waals surface area contributed by atoms with Crippen molar-refractivity contribution in [1.29, 1.82) is 0 Å². The van der Waals surface area contributed by atoms with Gasteiger partial charge in [0.25, 0.3) is 11.6 Å². The van der Waals surface area contributed by atoms with Gasteiger partial charge >= 0.3 is 12.6 Å². The molecule has 0 spiro atoms. The van der Waals surface area contributed by atoms with Gasteiger partial charge in [-0.15, -0.1) is 0 Å². The van der Waals surface area contributed by atoms with Crippen LogP contribution in [0.15, 0.2) is 42.5 Å². The molecule has 0 radical (unpaired) electrons. The van der Waals surface area contributed by atoms with E-state index < -0.39 is 35.2 Å². The van der Waals surface area contributed by atoms with E-state index in [4.69, 9.17) is 9.47 Å². The lowest BCUT2D eigenvalue weighted by molar-refractivity contribution is -0.384. The molecule has 0 aliphatic carbocycles. The number of methoxy groups -OCH3 is 1. The summed E-state index contributed by atoms with van der Waals surface area (Å²) in [6.07, 6.45) is -1.29. The number of nitro groups is 1. The van der Waals surface area contributed by atoms with Crippen LogP contribution in [0, 0.1) is 10.1 Å². The number of halogens is 2. The molecule has 0 unspecified atom stereocenters. The number of hydrogen-bond acceptors (Lipinski definition) is 7. The van der Waals surface area contributed by atoms with Crippen LogP contribution >= 0.6 is 0 Å². The lowest BCUT2D eigenvalue weighted by Crippen LogP contribution is -2.30. The summed E-state index contributed by atoms with van der Waals surface area (Å²) in [7, 11) is 1.34. The van der Waals surface area contributed by atoms with Crippen LogP contribution in [0.2, 0.25) is 0 Å². The number of carbonyl (C=O) groups is 2. The number of rotatable bonds is 8. The molecule has 0 saturated carbocycles. The molecule has 1 N–H and O–H groups in total.